The van der Waals surface area contributed by atoms with Crippen molar-refractivity contribution >= 4 is 29.3 Å². The molecule has 2 nitrogen and oxygen atoms in total. The summed E-state index contributed by atoms with van der Waals surface area (Å²) in [6.07, 6.45) is 0. The summed E-state index contributed by atoms with van der Waals surface area (Å²) < 4.78 is 0. The third kappa shape index (κ3) is 9.51. The summed E-state index contributed by atoms with van der Waals surface area (Å²) in [4.78, 5) is 11.7. The maximum atomic E-state index is 9.98. The molecule has 0 aromatic rings. The highest BCUT2D eigenvalue weighted by Gasteiger charge is 1.94. The van der Waals surface area contributed by atoms with Crippen LogP contribution in [0.15, 0.2) is 0 Å². The van der Waals surface area contributed by atoms with Crippen LogP contribution < -0.4 is 0 Å². The summed E-state index contributed by atoms with van der Waals surface area (Å²) in [5, 5.41) is -0.315. The van der Waals surface area contributed by atoms with Crippen LogP contribution in [0.25, 0.3) is 0 Å². The van der Waals surface area contributed by atoms with Crippen molar-refractivity contribution in [3.63, 3.8) is 0 Å². The molecule has 0 aliphatic heterocycles. The van der Waals surface area contributed by atoms with Crippen LogP contribution in [0.1, 0.15) is 0 Å². The molecule has 8 heavy (non-hydrogen) atoms. The Morgan fingerprint density at radius 2 is 2.00 bits per heavy atom. The van der Waals surface area contributed by atoms with E-state index in [1.54, 1.807) is 19.0 Å². The first-order valence-electron chi connectivity index (χ1n) is 1.96. The number of hydrogen-bond donors (Lipinski definition) is 0. The fourth-order valence-electron chi connectivity index (χ4n) is 0.249. The molecule has 0 aliphatic carbocycles. The van der Waals surface area contributed by atoms with Gasteiger partial charge in [0, 0.05) is 0 Å². The highest BCUT2D eigenvalue weighted by Crippen LogP contribution is 1.80. The Bertz CT molecular complexity index is 74.4. The molecule has 0 rings (SSSR count). The monoisotopic (exact) mass is 157 g/mol. The van der Waals surface area contributed by atoms with Gasteiger partial charge in [0.15, 0.2) is 0 Å². The molecule has 0 aromatic heterocycles. The highest BCUT2D eigenvalue weighted by molar-refractivity contribution is 6.64. The van der Waals surface area contributed by atoms with E-state index in [4.69, 9.17) is 11.6 Å². The van der Waals surface area contributed by atoms with Crippen LogP contribution in [0.3, 0.4) is 0 Å². The van der Waals surface area contributed by atoms with Crippen molar-refractivity contribution in [2.24, 2.45) is 0 Å². The lowest BCUT2D eigenvalue weighted by molar-refractivity contribution is -0.112. The molecule has 0 unspecified atom stereocenters. The van der Waals surface area contributed by atoms with Crippen molar-refractivity contribution in [1.82, 2.24) is 4.90 Å². The van der Waals surface area contributed by atoms with E-state index in [9.17, 15) is 4.79 Å². The second kappa shape index (κ2) is 5.35. The molecule has 50 valence electrons. The average Bonchev–Trinajstić information content (AvgIpc) is 1.27. The van der Waals surface area contributed by atoms with Gasteiger partial charge in [-0.15, -0.1) is 12.4 Å². The smallest absolute Gasteiger partial charge is 0.235 e. The van der Waals surface area contributed by atoms with E-state index in [0.717, 1.165) is 0 Å². The van der Waals surface area contributed by atoms with E-state index in [0.29, 0.717) is 6.54 Å². The summed E-state index contributed by atoms with van der Waals surface area (Å²) in [7, 11) is 3.58. The first kappa shape index (κ1) is 11.1. The van der Waals surface area contributed by atoms with Crippen LogP contribution in [-0.4, -0.2) is 30.8 Å². The zero-order valence-electron chi connectivity index (χ0n) is 4.85. The van der Waals surface area contributed by atoms with E-state index < -0.39 is 0 Å². The second-order valence-electron chi connectivity index (χ2n) is 1.59. The van der Waals surface area contributed by atoms with Crippen LogP contribution >= 0.6 is 24.0 Å². The molecule has 0 spiro atoms. The van der Waals surface area contributed by atoms with E-state index in [-0.39, 0.29) is 17.6 Å². The molecule has 0 atom stereocenters. The third-order valence-corrected chi connectivity index (χ3v) is 0.560. The van der Waals surface area contributed by atoms with Gasteiger partial charge >= 0.3 is 0 Å². The zero-order chi connectivity index (χ0) is 5.86. The Morgan fingerprint density at radius 3 is 2.00 bits per heavy atom. The highest BCUT2D eigenvalue weighted by atomic mass is 35.5. The van der Waals surface area contributed by atoms with Crippen LogP contribution in [-0.2, 0) is 4.79 Å². The minimum Gasteiger partial charge on any atom is -0.301 e. The summed E-state index contributed by atoms with van der Waals surface area (Å²) in [6.45, 7) is 0.321. The van der Waals surface area contributed by atoms with E-state index in [2.05, 4.69) is 0 Å². The molecule has 0 aromatic carbocycles. The van der Waals surface area contributed by atoms with Gasteiger partial charge in [0.2, 0.25) is 5.24 Å². The van der Waals surface area contributed by atoms with Crippen molar-refractivity contribution < 1.29 is 4.79 Å². The van der Waals surface area contributed by atoms with Gasteiger partial charge in [0.25, 0.3) is 0 Å². The quantitative estimate of drug-likeness (QED) is 0.552. The maximum absolute atomic E-state index is 9.98. The molecule has 0 aliphatic rings. The Balaban J connectivity index is 0. The van der Waals surface area contributed by atoms with E-state index >= 15 is 0 Å². The van der Waals surface area contributed by atoms with Gasteiger partial charge in [-0.2, -0.15) is 0 Å². The van der Waals surface area contributed by atoms with Crippen LogP contribution in [0, 0.1) is 0 Å². The molecule has 0 radical (unpaired) electrons. The minimum absolute atomic E-state index is 0. The Morgan fingerprint density at radius 1 is 1.62 bits per heavy atom. The van der Waals surface area contributed by atoms with Gasteiger partial charge in [0.05, 0.1) is 6.54 Å². The lowest BCUT2D eigenvalue weighted by Crippen LogP contribution is -2.17. The lowest BCUT2D eigenvalue weighted by atomic mass is 10.7. The molecular formula is C4H9Cl2NO. The van der Waals surface area contributed by atoms with Crippen LogP contribution in [0.5, 0.6) is 0 Å². The van der Waals surface area contributed by atoms with Gasteiger partial charge < -0.3 is 4.90 Å². The molecule has 4 heteroatoms. The Hall–Kier alpha value is 0.210. The number of hydrogen-bond acceptors (Lipinski definition) is 2. The normalized spacial score (nSPS) is 8.50. The van der Waals surface area contributed by atoms with Crippen molar-refractivity contribution in [3.05, 3.63) is 0 Å². The number of nitrogens with zero attached hydrogens (tertiary/aromatic N) is 1. The number of likely N-dealkylation sites (N-methyl/N-ethyl adjacent to an activating group) is 1. The molecule has 0 N–H and O–H groups in total. The van der Waals surface area contributed by atoms with Crippen LogP contribution in [0.2, 0.25) is 0 Å². The van der Waals surface area contributed by atoms with Gasteiger partial charge in [-0.1, -0.05) is 0 Å². The summed E-state index contributed by atoms with van der Waals surface area (Å²) in [6, 6.07) is 0. The summed E-state index contributed by atoms with van der Waals surface area (Å²) in [5.41, 5.74) is 0. The number of halogens is 2. The predicted molar refractivity (Wildman–Crippen MR) is 36.7 cm³/mol. The second-order valence-corrected chi connectivity index (χ2v) is 2.01. The largest absolute Gasteiger partial charge is 0.301 e. The number of carbonyl (C=O) groups is 1. The van der Waals surface area contributed by atoms with E-state index in [1.807, 2.05) is 0 Å². The van der Waals surface area contributed by atoms with E-state index in [1.165, 1.54) is 0 Å². The molecule has 0 saturated heterocycles. The number of rotatable bonds is 2. The van der Waals surface area contributed by atoms with Gasteiger partial charge in [0.1, 0.15) is 0 Å². The first-order chi connectivity index (χ1) is 3.13. The number of carbonyl (C=O) groups excluding carboxylic acids is 1. The van der Waals surface area contributed by atoms with Crippen molar-refractivity contribution in [3.8, 4) is 0 Å². The predicted octanol–water partition coefficient (Wildman–Crippen LogP) is 0.735. The standard InChI is InChI=1S/C4H8ClNO.ClH/c1-6(2)3-4(5)7;/h3H2,1-2H3;1H. The minimum atomic E-state index is -0.315. The molecule has 0 amide bonds. The summed E-state index contributed by atoms with van der Waals surface area (Å²) >= 11 is 4.99. The third-order valence-electron chi connectivity index (χ3n) is 0.441. The van der Waals surface area contributed by atoms with Crippen molar-refractivity contribution in [2.75, 3.05) is 20.6 Å². The molecule has 0 bridgehead atoms. The lowest BCUT2D eigenvalue weighted by Gasteiger charge is -2.01. The Kier molecular flexibility index (Phi) is 7.40. The zero-order valence-corrected chi connectivity index (χ0v) is 6.42. The van der Waals surface area contributed by atoms with Gasteiger partial charge in [-0.25, -0.2) is 0 Å². The SMILES string of the molecule is CN(C)CC(=O)Cl.Cl. The molecular weight excluding hydrogens is 149 g/mol. The summed E-state index contributed by atoms with van der Waals surface area (Å²) in [5.74, 6) is 0. The van der Waals surface area contributed by atoms with Gasteiger partial charge in [-0.05, 0) is 25.7 Å². The van der Waals surface area contributed by atoms with Gasteiger partial charge in [-0.3, -0.25) is 4.79 Å². The Labute approximate surface area is 60.2 Å². The van der Waals surface area contributed by atoms with Crippen molar-refractivity contribution in [2.45, 2.75) is 0 Å². The first-order valence-corrected chi connectivity index (χ1v) is 2.34. The average molecular weight is 158 g/mol. The topological polar surface area (TPSA) is 20.3 Å². The van der Waals surface area contributed by atoms with Crippen molar-refractivity contribution in [1.29, 1.82) is 0 Å². The fourth-order valence-corrected chi connectivity index (χ4v) is 0.488. The molecule has 0 fully saturated rings. The fraction of sp³-hybridized carbons (Fsp3) is 0.750. The molecule has 0 saturated carbocycles. The maximum Gasteiger partial charge on any atom is 0.235 e. The van der Waals surface area contributed by atoms with Crippen LogP contribution in [0.4, 0.5) is 0 Å². The molecule has 0 heterocycles.